The molecule has 0 aliphatic carbocycles. The Kier molecular flexibility index (Phi) is 5.92. The van der Waals surface area contributed by atoms with Gasteiger partial charge in [-0.3, -0.25) is 4.79 Å². The van der Waals surface area contributed by atoms with Crippen molar-refractivity contribution in [1.29, 1.82) is 0 Å². The van der Waals surface area contributed by atoms with Gasteiger partial charge in [0.25, 0.3) is 0 Å². The highest BCUT2D eigenvalue weighted by atomic mass is 32.2. The monoisotopic (exact) mass is 292 g/mol. The molecule has 0 atom stereocenters. The first-order valence-electron chi connectivity index (χ1n) is 7.33. The minimum Gasteiger partial charge on any atom is -0.355 e. The molecule has 2 rings (SSSR count). The van der Waals surface area contributed by atoms with E-state index >= 15 is 0 Å². The molecular formula is C16H24N2OS. The van der Waals surface area contributed by atoms with Crippen molar-refractivity contribution >= 4 is 17.7 Å². The van der Waals surface area contributed by atoms with E-state index in [1.807, 2.05) is 30.0 Å². The van der Waals surface area contributed by atoms with E-state index in [-0.39, 0.29) is 11.3 Å². The Morgan fingerprint density at radius 2 is 2.00 bits per heavy atom. The van der Waals surface area contributed by atoms with E-state index < -0.39 is 0 Å². The average Bonchev–Trinajstić information content (AvgIpc) is 2.53. The number of amides is 1. The molecule has 1 fully saturated rings. The summed E-state index contributed by atoms with van der Waals surface area (Å²) in [5.74, 6) is 1.30. The highest BCUT2D eigenvalue weighted by Crippen LogP contribution is 2.33. The summed E-state index contributed by atoms with van der Waals surface area (Å²) in [4.78, 5) is 12.7. The second-order valence-electron chi connectivity index (χ2n) is 5.30. The third-order valence-corrected chi connectivity index (χ3v) is 4.73. The van der Waals surface area contributed by atoms with Gasteiger partial charge in [0.1, 0.15) is 0 Å². The van der Waals surface area contributed by atoms with Gasteiger partial charge < -0.3 is 10.6 Å². The first kappa shape index (κ1) is 15.4. The van der Waals surface area contributed by atoms with Crippen molar-refractivity contribution in [2.45, 2.75) is 24.7 Å². The molecule has 1 aliphatic rings. The van der Waals surface area contributed by atoms with Crippen LogP contribution in [-0.4, -0.2) is 37.6 Å². The molecule has 1 aromatic rings. The van der Waals surface area contributed by atoms with Crippen LogP contribution in [-0.2, 0) is 10.2 Å². The largest absolute Gasteiger partial charge is 0.355 e. The predicted octanol–water partition coefficient (Wildman–Crippen LogP) is 2.18. The number of hydrogen-bond donors (Lipinski definition) is 2. The van der Waals surface area contributed by atoms with E-state index in [4.69, 9.17) is 0 Å². The van der Waals surface area contributed by atoms with Gasteiger partial charge in [0.05, 0.1) is 5.41 Å². The van der Waals surface area contributed by atoms with Gasteiger partial charge in [-0.25, -0.2) is 0 Å². The third kappa shape index (κ3) is 3.55. The molecule has 1 saturated heterocycles. The number of nitrogens with one attached hydrogen (secondary N) is 2. The first-order chi connectivity index (χ1) is 9.79. The molecule has 0 unspecified atom stereocenters. The minimum absolute atomic E-state index is 0.200. The summed E-state index contributed by atoms with van der Waals surface area (Å²) in [6.07, 6.45) is 4.90. The molecule has 0 aromatic heterocycles. The Morgan fingerprint density at radius 1 is 1.30 bits per heavy atom. The Morgan fingerprint density at radius 3 is 2.65 bits per heavy atom. The van der Waals surface area contributed by atoms with Gasteiger partial charge in [-0.05, 0) is 49.9 Å². The van der Waals surface area contributed by atoms with Crippen molar-refractivity contribution in [2.75, 3.05) is 31.6 Å². The maximum Gasteiger partial charge on any atom is 0.230 e. The molecule has 3 nitrogen and oxygen atoms in total. The summed E-state index contributed by atoms with van der Waals surface area (Å²) in [5.41, 5.74) is 0.815. The van der Waals surface area contributed by atoms with Crippen molar-refractivity contribution in [2.24, 2.45) is 0 Å². The molecular weight excluding hydrogens is 268 g/mol. The summed E-state index contributed by atoms with van der Waals surface area (Å²) >= 11 is 1.82. The SMILES string of the molecule is CSCCCNC(=O)C1(c2ccccc2)CCNCC1. The molecule has 1 amide bonds. The summed E-state index contributed by atoms with van der Waals surface area (Å²) in [5, 5.41) is 6.50. The molecule has 20 heavy (non-hydrogen) atoms. The van der Waals surface area contributed by atoms with E-state index in [2.05, 4.69) is 29.0 Å². The molecule has 4 heteroatoms. The van der Waals surface area contributed by atoms with Crippen molar-refractivity contribution in [3.8, 4) is 0 Å². The molecule has 0 radical (unpaired) electrons. The van der Waals surface area contributed by atoms with Crippen LogP contribution in [0.3, 0.4) is 0 Å². The topological polar surface area (TPSA) is 41.1 Å². The Balaban J connectivity index is 2.09. The normalized spacial score (nSPS) is 17.6. The third-order valence-electron chi connectivity index (χ3n) is 4.03. The van der Waals surface area contributed by atoms with Crippen LogP contribution in [0, 0.1) is 0 Å². The van der Waals surface area contributed by atoms with Crippen LogP contribution in [0.15, 0.2) is 30.3 Å². The van der Waals surface area contributed by atoms with Crippen molar-refractivity contribution in [3.05, 3.63) is 35.9 Å². The molecule has 2 N–H and O–H groups in total. The van der Waals surface area contributed by atoms with E-state index in [0.717, 1.165) is 50.2 Å². The van der Waals surface area contributed by atoms with Gasteiger partial charge in [-0.15, -0.1) is 0 Å². The van der Waals surface area contributed by atoms with E-state index in [1.165, 1.54) is 0 Å². The van der Waals surface area contributed by atoms with Crippen LogP contribution in [0.4, 0.5) is 0 Å². The lowest BCUT2D eigenvalue weighted by atomic mass is 9.72. The van der Waals surface area contributed by atoms with Gasteiger partial charge in [0.15, 0.2) is 0 Å². The summed E-state index contributed by atoms with van der Waals surface area (Å²) < 4.78 is 0. The van der Waals surface area contributed by atoms with Gasteiger partial charge in [-0.2, -0.15) is 11.8 Å². The molecule has 1 aromatic carbocycles. The number of benzene rings is 1. The summed E-state index contributed by atoms with van der Waals surface area (Å²) in [6.45, 7) is 2.60. The van der Waals surface area contributed by atoms with E-state index in [1.54, 1.807) is 0 Å². The fourth-order valence-corrected chi connectivity index (χ4v) is 3.28. The van der Waals surface area contributed by atoms with Crippen molar-refractivity contribution < 1.29 is 4.79 Å². The van der Waals surface area contributed by atoms with Crippen molar-refractivity contribution in [3.63, 3.8) is 0 Å². The highest BCUT2D eigenvalue weighted by molar-refractivity contribution is 7.98. The van der Waals surface area contributed by atoms with Crippen LogP contribution in [0.5, 0.6) is 0 Å². The Labute approximate surface area is 125 Å². The fraction of sp³-hybridized carbons (Fsp3) is 0.562. The minimum atomic E-state index is -0.341. The molecule has 0 spiro atoms. The van der Waals surface area contributed by atoms with E-state index in [9.17, 15) is 4.79 Å². The lowest BCUT2D eigenvalue weighted by Gasteiger charge is -2.36. The fourth-order valence-electron chi connectivity index (χ4n) is 2.85. The molecule has 0 saturated carbocycles. The maximum atomic E-state index is 12.7. The Bertz CT molecular complexity index is 416. The average molecular weight is 292 g/mol. The standard InChI is InChI=1S/C16H24N2OS/c1-20-13-5-10-18-15(19)16(8-11-17-12-9-16)14-6-3-2-4-7-14/h2-4,6-7,17H,5,8-13H2,1H3,(H,18,19). The zero-order valence-corrected chi connectivity index (χ0v) is 13.0. The summed E-state index contributed by atoms with van der Waals surface area (Å²) in [7, 11) is 0. The smallest absolute Gasteiger partial charge is 0.230 e. The Hall–Kier alpha value is -1.00. The second-order valence-corrected chi connectivity index (χ2v) is 6.29. The lowest BCUT2D eigenvalue weighted by Crippen LogP contribution is -2.50. The number of rotatable bonds is 6. The maximum absolute atomic E-state index is 12.7. The first-order valence-corrected chi connectivity index (χ1v) is 8.72. The van der Waals surface area contributed by atoms with Gasteiger partial charge in [-0.1, -0.05) is 30.3 Å². The number of thioether (sulfide) groups is 1. The van der Waals surface area contributed by atoms with Crippen LogP contribution in [0.25, 0.3) is 0 Å². The highest BCUT2D eigenvalue weighted by Gasteiger charge is 2.40. The van der Waals surface area contributed by atoms with Crippen LogP contribution in [0.1, 0.15) is 24.8 Å². The zero-order valence-electron chi connectivity index (χ0n) is 12.2. The second kappa shape index (κ2) is 7.70. The van der Waals surface area contributed by atoms with Crippen molar-refractivity contribution in [1.82, 2.24) is 10.6 Å². The quantitative estimate of drug-likeness (QED) is 0.790. The molecule has 1 aliphatic heterocycles. The van der Waals surface area contributed by atoms with Crippen LogP contribution < -0.4 is 10.6 Å². The number of piperidine rings is 1. The van der Waals surface area contributed by atoms with Crippen LogP contribution >= 0.6 is 11.8 Å². The predicted molar refractivity (Wildman–Crippen MR) is 86.2 cm³/mol. The lowest BCUT2D eigenvalue weighted by molar-refractivity contribution is -0.127. The number of carbonyl (C=O) groups excluding carboxylic acids is 1. The van der Waals surface area contributed by atoms with Crippen LogP contribution in [0.2, 0.25) is 0 Å². The molecule has 110 valence electrons. The molecule has 1 heterocycles. The van der Waals surface area contributed by atoms with Gasteiger partial charge in [0.2, 0.25) is 5.91 Å². The van der Waals surface area contributed by atoms with E-state index in [0.29, 0.717) is 0 Å². The number of hydrogen-bond acceptors (Lipinski definition) is 3. The summed E-state index contributed by atoms with van der Waals surface area (Å²) in [6, 6.07) is 10.2. The molecule has 0 bridgehead atoms. The number of carbonyl (C=O) groups is 1. The zero-order chi connectivity index (χ0) is 14.3. The van der Waals surface area contributed by atoms with Gasteiger partial charge in [0, 0.05) is 6.54 Å². The van der Waals surface area contributed by atoms with Gasteiger partial charge >= 0.3 is 0 Å².